The molecule has 4 heteroatoms. The minimum absolute atomic E-state index is 0.325. The van der Waals surface area contributed by atoms with E-state index in [1.165, 1.54) is 13.2 Å². The van der Waals surface area contributed by atoms with Crippen LogP contribution in [0.1, 0.15) is 37.0 Å². The Labute approximate surface area is 106 Å². The Morgan fingerprint density at radius 1 is 1.41 bits per heavy atom. The topological polar surface area (TPSA) is 46.5 Å². The van der Waals surface area contributed by atoms with E-state index in [1.807, 2.05) is 0 Å². The summed E-state index contributed by atoms with van der Waals surface area (Å²) in [7, 11) is 1.48. The zero-order valence-electron chi connectivity index (χ0n) is 10.3. The van der Waals surface area contributed by atoms with Crippen LogP contribution in [0.15, 0.2) is 18.2 Å². The smallest absolute Gasteiger partial charge is 0.198 e. The van der Waals surface area contributed by atoms with E-state index in [2.05, 4.69) is 0 Å². The van der Waals surface area contributed by atoms with Gasteiger partial charge in [-0.3, -0.25) is 4.79 Å². The number of benzene rings is 1. The fourth-order valence-electron chi connectivity index (χ4n) is 1.68. The van der Waals surface area contributed by atoms with E-state index in [0.29, 0.717) is 29.2 Å². The van der Waals surface area contributed by atoms with Crippen LogP contribution in [-0.2, 0) is 0 Å². The Morgan fingerprint density at radius 2 is 2.00 bits per heavy atom. The molecule has 0 fully saturated rings. The molecule has 3 nitrogen and oxygen atoms in total. The Balaban J connectivity index is 3.23. The molecule has 0 atom stereocenters. The largest absolute Gasteiger partial charge is 0.496 e. The maximum Gasteiger partial charge on any atom is 0.198 e. The lowest BCUT2D eigenvalue weighted by Gasteiger charge is -2.24. The second-order valence-corrected chi connectivity index (χ2v) is 4.35. The lowest BCUT2D eigenvalue weighted by Crippen LogP contribution is -2.37. The highest BCUT2D eigenvalue weighted by molar-refractivity contribution is 6.31. The first-order valence-electron chi connectivity index (χ1n) is 5.59. The van der Waals surface area contributed by atoms with Crippen molar-refractivity contribution in [1.29, 1.82) is 0 Å². The van der Waals surface area contributed by atoms with Gasteiger partial charge in [-0.05, 0) is 31.0 Å². The summed E-state index contributed by atoms with van der Waals surface area (Å²) in [5, 5.41) is 10.7. The fraction of sp³-hybridized carbons (Fsp3) is 0.462. The van der Waals surface area contributed by atoms with E-state index in [0.717, 1.165) is 0 Å². The SMILES string of the molecule is CCC(O)(CC)C(=O)c1cc(Cl)ccc1OC. The monoisotopic (exact) mass is 256 g/mol. The fourth-order valence-corrected chi connectivity index (χ4v) is 1.85. The third-order valence-electron chi connectivity index (χ3n) is 3.00. The van der Waals surface area contributed by atoms with Gasteiger partial charge in [0.15, 0.2) is 5.78 Å². The molecule has 0 heterocycles. The molecule has 1 aromatic carbocycles. The maximum atomic E-state index is 12.3. The Kier molecular flexibility index (Phi) is 4.54. The van der Waals surface area contributed by atoms with Crippen LogP contribution < -0.4 is 4.74 Å². The highest BCUT2D eigenvalue weighted by atomic mass is 35.5. The van der Waals surface area contributed by atoms with Crippen molar-refractivity contribution in [1.82, 2.24) is 0 Å². The number of methoxy groups -OCH3 is 1. The molecule has 0 saturated heterocycles. The van der Waals surface area contributed by atoms with E-state index >= 15 is 0 Å². The molecule has 1 aromatic rings. The van der Waals surface area contributed by atoms with Crippen LogP contribution in [0, 0.1) is 0 Å². The van der Waals surface area contributed by atoms with Crippen molar-refractivity contribution in [3.8, 4) is 5.75 Å². The van der Waals surface area contributed by atoms with Gasteiger partial charge in [0.25, 0.3) is 0 Å². The molecule has 0 aromatic heterocycles. The summed E-state index contributed by atoms with van der Waals surface area (Å²) in [4.78, 5) is 12.3. The number of carbonyl (C=O) groups is 1. The number of ether oxygens (including phenoxy) is 1. The van der Waals surface area contributed by atoms with Crippen LogP contribution in [-0.4, -0.2) is 23.6 Å². The van der Waals surface area contributed by atoms with Crippen molar-refractivity contribution in [2.24, 2.45) is 0 Å². The average Bonchev–Trinajstić information content (AvgIpc) is 2.36. The van der Waals surface area contributed by atoms with Gasteiger partial charge in [0, 0.05) is 5.02 Å². The standard InChI is InChI=1S/C13H17ClO3/c1-4-13(16,5-2)12(15)10-8-9(14)6-7-11(10)17-3/h6-8,16H,4-5H2,1-3H3. The molecular weight excluding hydrogens is 240 g/mol. The number of rotatable bonds is 5. The Bertz CT molecular complexity index is 411. The molecule has 0 aliphatic rings. The third kappa shape index (κ3) is 2.79. The lowest BCUT2D eigenvalue weighted by molar-refractivity contribution is 0.0275. The molecule has 0 bridgehead atoms. The van der Waals surface area contributed by atoms with Gasteiger partial charge in [0.1, 0.15) is 11.4 Å². The van der Waals surface area contributed by atoms with E-state index in [1.54, 1.807) is 26.0 Å². The zero-order valence-corrected chi connectivity index (χ0v) is 11.0. The van der Waals surface area contributed by atoms with Crippen LogP contribution in [0.25, 0.3) is 0 Å². The first-order chi connectivity index (χ1) is 7.98. The van der Waals surface area contributed by atoms with Gasteiger partial charge in [0.2, 0.25) is 0 Å². The van der Waals surface area contributed by atoms with Crippen LogP contribution >= 0.6 is 11.6 Å². The molecular formula is C13H17ClO3. The summed E-state index contributed by atoms with van der Waals surface area (Å²) in [6, 6.07) is 4.80. The van der Waals surface area contributed by atoms with E-state index in [-0.39, 0.29) is 5.78 Å². The number of hydrogen-bond donors (Lipinski definition) is 1. The molecule has 1 rings (SSSR count). The van der Waals surface area contributed by atoms with Gasteiger partial charge in [0.05, 0.1) is 12.7 Å². The summed E-state index contributed by atoms with van der Waals surface area (Å²) >= 11 is 5.86. The maximum absolute atomic E-state index is 12.3. The van der Waals surface area contributed by atoms with Gasteiger partial charge < -0.3 is 9.84 Å². The Morgan fingerprint density at radius 3 is 2.47 bits per heavy atom. The quantitative estimate of drug-likeness (QED) is 0.824. The highest BCUT2D eigenvalue weighted by Gasteiger charge is 2.34. The van der Waals surface area contributed by atoms with Crippen molar-refractivity contribution in [2.75, 3.05) is 7.11 Å². The predicted octanol–water partition coefficient (Wildman–Crippen LogP) is 3.08. The number of ketones is 1. The first kappa shape index (κ1) is 14.0. The van der Waals surface area contributed by atoms with Crippen molar-refractivity contribution in [3.05, 3.63) is 28.8 Å². The number of hydrogen-bond acceptors (Lipinski definition) is 3. The van der Waals surface area contributed by atoms with E-state index < -0.39 is 5.60 Å². The summed E-state index contributed by atoms with van der Waals surface area (Å²) in [5.41, 5.74) is -1.02. The number of halogens is 1. The number of carbonyl (C=O) groups excluding carboxylic acids is 1. The summed E-state index contributed by atoms with van der Waals surface area (Å²) in [5.74, 6) is 0.0848. The van der Waals surface area contributed by atoms with Gasteiger partial charge in [-0.25, -0.2) is 0 Å². The van der Waals surface area contributed by atoms with Crippen LogP contribution in [0.3, 0.4) is 0 Å². The Hall–Kier alpha value is -1.06. The van der Waals surface area contributed by atoms with Crippen molar-refractivity contribution in [2.45, 2.75) is 32.3 Å². The zero-order chi connectivity index (χ0) is 13.1. The molecule has 1 N–H and O–H groups in total. The van der Waals surface area contributed by atoms with Gasteiger partial charge in [-0.2, -0.15) is 0 Å². The third-order valence-corrected chi connectivity index (χ3v) is 3.23. The minimum Gasteiger partial charge on any atom is -0.496 e. The molecule has 0 amide bonds. The summed E-state index contributed by atoms with van der Waals surface area (Å²) in [6.07, 6.45) is 0.718. The van der Waals surface area contributed by atoms with Crippen LogP contribution in [0.5, 0.6) is 5.75 Å². The molecule has 0 saturated carbocycles. The van der Waals surface area contributed by atoms with E-state index in [4.69, 9.17) is 16.3 Å². The van der Waals surface area contributed by atoms with Crippen molar-refractivity contribution < 1.29 is 14.6 Å². The van der Waals surface area contributed by atoms with Crippen molar-refractivity contribution >= 4 is 17.4 Å². The molecule has 0 aliphatic heterocycles. The molecule has 0 radical (unpaired) electrons. The summed E-state index contributed by atoms with van der Waals surface area (Å²) < 4.78 is 5.12. The average molecular weight is 257 g/mol. The van der Waals surface area contributed by atoms with Crippen molar-refractivity contribution in [3.63, 3.8) is 0 Å². The molecule has 0 unspecified atom stereocenters. The number of aliphatic hydroxyl groups is 1. The second-order valence-electron chi connectivity index (χ2n) is 3.91. The predicted molar refractivity (Wildman–Crippen MR) is 67.9 cm³/mol. The number of Topliss-reactive ketones (excluding diaryl/α,β-unsaturated/α-hetero) is 1. The highest BCUT2D eigenvalue weighted by Crippen LogP contribution is 2.29. The van der Waals surface area contributed by atoms with Gasteiger partial charge >= 0.3 is 0 Å². The first-order valence-corrected chi connectivity index (χ1v) is 5.97. The normalized spacial score (nSPS) is 11.4. The molecule has 94 valence electrons. The minimum atomic E-state index is -1.35. The van der Waals surface area contributed by atoms with E-state index in [9.17, 15) is 9.90 Å². The lowest BCUT2D eigenvalue weighted by atomic mass is 9.87. The van der Waals surface area contributed by atoms with Gasteiger partial charge in [-0.1, -0.05) is 25.4 Å². The molecule has 0 aliphatic carbocycles. The van der Waals surface area contributed by atoms with Crippen LogP contribution in [0.2, 0.25) is 5.02 Å². The molecule has 0 spiro atoms. The summed E-state index contributed by atoms with van der Waals surface area (Å²) in [6.45, 7) is 3.55. The molecule has 17 heavy (non-hydrogen) atoms. The second kappa shape index (κ2) is 5.52. The van der Waals surface area contributed by atoms with Gasteiger partial charge in [-0.15, -0.1) is 0 Å². The van der Waals surface area contributed by atoms with Crippen LogP contribution in [0.4, 0.5) is 0 Å².